The number of carbonyl (C=O) groups is 1. The van der Waals surface area contributed by atoms with E-state index in [1.54, 1.807) is 30.3 Å². The summed E-state index contributed by atoms with van der Waals surface area (Å²) >= 11 is 0. The van der Waals surface area contributed by atoms with Gasteiger partial charge < -0.3 is 10.3 Å². The van der Waals surface area contributed by atoms with Crippen molar-refractivity contribution in [2.75, 3.05) is 13.1 Å². The van der Waals surface area contributed by atoms with Gasteiger partial charge in [0, 0.05) is 19.0 Å². The number of piperidine rings is 1. The van der Waals surface area contributed by atoms with Crippen molar-refractivity contribution in [3.63, 3.8) is 0 Å². The maximum Gasteiger partial charge on any atom is 0.243 e. The van der Waals surface area contributed by atoms with E-state index in [4.69, 9.17) is 0 Å². The van der Waals surface area contributed by atoms with Crippen LogP contribution in [0.1, 0.15) is 38.6 Å². The molecule has 8 heteroatoms. The average Bonchev–Trinajstić information content (AvgIpc) is 3.21. The predicted octanol–water partition coefficient (Wildman–Crippen LogP) is 3.48. The zero-order valence-electron chi connectivity index (χ0n) is 17.8. The Hall–Kier alpha value is -2.71. The van der Waals surface area contributed by atoms with Crippen LogP contribution in [0.25, 0.3) is 11.0 Å². The van der Waals surface area contributed by atoms with Crippen molar-refractivity contribution in [3.8, 4) is 0 Å². The summed E-state index contributed by atoms with van der Waals surface area (Å²) < 4.78 is 27.1. The lowest BCUT2D eigenvalue weighted by molar-refractivity contribution is -0.127. The molecule has 1 fully saturated rings. The van der Waals surface area contributed by atoms with Gasteiger partial charge in [-0.3, -0.25) is 4.79 Å². The minimum Gasteiger partial charge on any atom is -0.346 e. The number of nitrogens with one attached hydrogen (secondary N) is 2. The van der Waals surface area contributed by atoms with Crippen LogP contribution in [-0.4, -0.2) is 41.7 Å². The third-order valence-corrected chi connectivity index (χ3v) is 7.79. The normalized spacial score (nSPS) is 17.1. The molecule has 3 aromatic rings. The highest BCUT2D eigenvalue weighted by atomic mass is 32.2. The Morgan fingerprint density at radius 1 is 1.06 bits per heavy atom. The van der Waals surface area contributed by atoms with E-state index < -0.39 is 10.0 Å². The fraction of sp³-hybridized carbons (Fsp3) is 0.391. The maximum atomic E-state index is 13.0. The molecule has 0 aliphatic carbocycles. The van der Waals surface area contributed by atoms with E-state index in [0.29, 0.717) is 30.8 Å². The molecule has 1 aliphatic heterocycles. The molecule has 1 amide bonds. The van der Waals surface area contributed by atoms with Gasteiger partial charge in [-0.1, -0.05) is 44.2 Å². The average molecular weight is 441 g/mol. The van der Waals surface area contributed by atoms with E-state index in [-0.39, 0.29) is 23.8 Å². The molecule has 1 aliphatic rings. The quantitative estimate of drug-likeness (QED) is 0.613. The van der Waals surface area contributed by atoms with E-state index in [9.17, 15) is 13.2 Å². The molecule has 2 heterocycles. The van der Waals surface area contributed by atoms with Gasteiger partial charge in [-0.05, 0) is 43.0 Å². The lowest BCUT2D eigenvalue weighted by Crippen LogP contribution is -2.44. The fourth-order valence-electron chi connectivity index (χ4n) is 4.04. The number of fused-ring (bicyclic) bond motifs is 1. The van der Waals surface area contributed by atoms with E-state index in [1.165, 1.54) is 4.31 Å². The maximum absolute atomic E-state index is 13.0. The van der Waals surface area contributed by atoms with Crippen LogP contribution in [0.5, 0.6) is 0 Å². The van der Waals surface area contributed by atoms with Crippen molar-refractivity contribution in [2.45, 2.75) is 37.6 Å². The largest absolute Gasteiger partial charge is 0.346 e. The number of rotatable bonds is 6. The van der Waals surface area contributed by atoms with Gasteiger partial charge in [0.2, 0.25) is 15.9 Å². The third kappa shape index (κ3) is 4.50. The summed E-state index contributed by atoms with van der Waals surface area (Å²) in [4.78, 5) is 21.3. The first-order valence-corrected chi connectivity index (χ1v) is 12.1. The zero-order valence-corrected chi connectivity index (χ0v) is 18.6. The molecular weight excluding hydrogens is 412 g/mol. The van der Waals surface area contributed by atoms with Gasteiger partial charge in [0.1, 0.15) is 5.82 Å². The molecule has 0 bridgehead atoms. The van der Waals surface area contributed by atoms with Crippen LogP contribution in [0, 0.1) is 11.8 Å². The van der Waals surface area contributed by atoms with Crippen LogP contribution >= 0.6 is 0 Å². The molecule has 1 atom stereocenters. The molecule has 1 saturated heterocycles. The molecule has 0 saturated carbocycles. The van der Waals surface area contributed by atoms with Crippen molar-refractivity contribution >= 4 is 27.0 Å². The minimum absolute atomic E-state index is 0.0454. The monoisotopic (exact) mass is 440 g/mol. The van der Waals surface area contributed by atoms with Crippen LogP contribution in [-0.2, 0) is 14.8 Å². The first-order chi connectivity index (χ1) is 14.9. The Morgan fingerprint density at radius 2 is 1.71 bits per heavy atom. The molecule has 2 N–H and O–H groups in total. The molecular formula is C23H28N4O3S. The summed E-state index contributed by atoms with van der Waals surface area (Å²) in [6, 6.07) is 16.0. The van der Waals surface area contributed by atoms with Crippen LogP contribution < -0.4 is 5.32 Å². The molecule has 0 radical (unpaired) electrons. The van der Waals surface area contributed by atoms with Crippen LogP contribution in [0.4, 0.5) is 0 Å². The summed E-state index contributed by atoms with van der Waals surface area (Å²) in [6.45, 7) is 4.78. The first kappa shape index (κ1) is 21.5. The van der Waals surface area contributed by atoms with Gasteiger partial charge >= 0.3 is 0 Å². The third-order valence-electron chi connectivity index (χ3n) is 5.87. The lowest BCUT2D eigenvalue weighted by atomic mass is 9.95. The molecule has 0 spiro atoms. The summed E-state index contributed by atoms with van der Waals surface area (Å²) in [5, 5.41) is 3.15. The number of hydrogen-bond acceptors (Lipinski definition) is 4. The Morgan fingerprint density at radius 3 is 2.35 bits per heavy atom. The first-order valence-electron chi connectivity index (χ1n) is 10.7. The molecule has 1 aromatic heterocycles. The van der Waals surface area contributed by atoms with Gasteiger partial charge in [-0.15, -0.1) is 0 Å². The van der Waals surface area contributed by atoms with Crippen molar-refractivity contribution < 1.29 is 13.2 Å². The smallest absolute Gasteiger partial charge is 0.243 e. The predicted molar refractivity (Wildman–Crippen MR) is 120 cm³/mol. The van der Waals surface area contributed by atoms with Gasteiger partial charge in [0.25, 0.3) is 0 Å². The van der Waals surface area contributed by atoms with Gasteiger partial charge in [-0.25, -0.2) is 13.4 Å². The van der Waals surface area contributed by atoms with E-state index >= 15 is 0 Å². The highest BCUT2D eigenvalue weighted by Gasteiger charge is 2.33. The topological polar surface area (TPSA) is 95.2 Å². The number of sulfonamides is 1. The summed E-state index contributed by atoms with van der Waals surface area (Å²) in [5.41, 5.74) is 1.81. The van der Waals surface area contributed by atoms with Crippen molar-refractivity contribution in [1.29, 1.82) is 0 Å². The second kappa shape index (κ2) is 8.80. The van der Waals surface area contributed by atoms with Gasteiger partial charge in [-0.2, -0.15) is 4.31 Å². The molecule has 2 aromatic carbocycles. The van der Waals surface area contributed by atoms with Crippen LogP contribution in [0.2, 0.25) is 0 Å². The minimum atomic E-state index is -3.52. The number of hydrogen-bond donors (Lipinski definition) is 2. The number of amides is 1. The zero-order chi connectivity index (χ0) is 22.0. The van der Waals surface area contributed by atoms with Crippen molar-refractivity contribution in [1.82, 2.24) is 19.6 Å². The molecule has 7 nitrogen and oxygen atoms in total. The second-order valence-electron chi connectivity index (χ2n) is 8.36. The summed E-state index contributed by atoms with van der Waals surface area (Å²) in [6.07, 6.45) is 1.01. The standard InChI is InChI=1S/C23H28N4O3S/c1-16(2)21(22-24-19-10-6-7-11-20(19)25-22)26-23(28)17-12-14-27(15-13-17)31(29,30)18-8-4-3-5-9-18/h3-11,16-17,21H,12-15H2,1-2H3,(H,24,25)(H,26,28). The Balaban J connectivity index is 1.42. The van der Waals surface area contributed by atoms with Gasteiger partial charge in [0.15, 0.2) is 0 Å². The summed E-state index contributed by atoms with van der Waals surface area (Å²) in [5.74, 6) is 0.639. The molecule has 31 heavy (non-hydrogen) atoms. The molecule has 4 rings (SSSR count). The fourth-order valence-corrected chi connectivity index (χ4v) is 5.53. The van der Waals surface area contributed by atoms with Crippen molar-refractivity contribution in [2.24, 2.45) is 11.8 Å². The second-order valence-corrected chi connectivity index (χ2v) is 10.3. The number of imidazole rings is 1. The lowest BCUT2D eigenvalue weighted by Gasteiger charge is -2.31. The Kier molecular flexibility index (Phi) is 6.11. The van der Waals surface area contributed by atoms with E-state index in [2.05, 4.69) is 15.3 Å². The number of carbonyl (C=O) groups excluding carboxylic acids is 1. The van der Waals surface area contributed by atoms with Crippen molar-refractivity contribution in [3.05, 3.63) is 60.4 Å². The highest BCUT2D eigenvalue weighted by molar-refractivity contribution is 7.89. The van der Waals surface area contributed by atoms with E-state index in [1.807, 2.05) is 38.1 Å². The van der Waals surface area contributed by atoms with E-state index in [0.717, 1.165) is 16.9 Å². The van der Waals surface area contributed by atoms with Crippen LogP contribution in [0.15, 0.2) is 59.5 Å². The number of benzene rings is 2. The molecule has 1 unspecified atom stereocenters. The van der Waals surface area contributed by atoms with Gasteiger partial charge in [0.05, 0.1) is 22.0 Å². The Labute approximate surface area is 182 Å². The SMILES string of the molecule is CC(C)C(NC(=O)C1CCN(S(=O)(=O)c2ccccc2)CC1)c1nc2ccccc2[nH]1. The highest BCUT2D eigenvalue weighted by Crippen LogP contribution is 2.27. The number of aromatic nitrogens is 2. The Bertz CT molecular complexity index is 1120. The van der Waals surface area contributed by atoms with Crippen LogP contribution in [0.3, 0.4) is 0 Å². The number of aromatic amines is 1. The number of nitrogens with zero attached hydrogens (tertiary/aromatic N) is 2. The number of H-pyrrole nitrogens is 1. The molecule has 164 valence electrons. The number of para-hydroxylation sites is 2. The summed E-state index contributed by atoms with van der Waals surface area (Å²) in [7, 11) is -3.52.